The molecule has 1 aromatic heterocycles. The minimum absolute atomic E-state index is 0.0251. The summed E-state index contributed by atoms with van der Waals surface area (Å²) in [7, 11) is 0. The fraction of sp³-hybridized carbons (Fsp3) is 0.500. The molecule has 3 aliphatic heterocycles. The number of fused-ring (bicyclic) bond motifs is 4. The van der Waals surface area contributed by atoms with Gasteiger partial charge in [-0.1, -0.05) is 11.3 Å². The Balaban J connectivity index is 1.56. The summed E-state index contributed by atoms with van der Waals surface area (Å²) in [5.74, 6) is 0.936. The SMILES string of the molecule is C[C@@H]1C[C@@H]2NC(=O)N(c3nc4c5c(ccc4s3)OCC5)[C@@H]2CN1. The lowest BCUT2D eigenvalue weighted by Crippen LogP contribution is -2.53. The third-order valence-corrected chi connectivity index (χ3v) is 6.05. The van der Waals surface area contributed by atoms with Crippen molar-refractivity contribution < 1.29 is 9.53 Å². The molecular formula is C16H18N4O2S. The average Bonchev–Trinajstić information content (AvgIpc) is 3.20. The number of piperidine rings is 1. The second-order valence-electron chi connectivity index (χ2n) is 6.52. The van der Waals surface area contributed by atoms with Crippen LogP contribution in [0.15, 0.2) is 12.1 Å². The lowest BCUT2D eigenvalue weighted by Gasteiger charge is -2.32. The van der Waals surface area contributed by atoms with E-state index in [-0.39, 0.29) is 18.1 Å². The normalized spacial score (nSPS) is 29.3. The molecule has 5 rings (SSSR count). The first-order valence-electron chi connectivity index (χ1n) is 8.09. The molecule has 2 fully saturated rings. The number of amides is 2. The Morgan fingerprint density at radius 2 is 2.35 bits per heavy atom. The molecular weight excluding hydrogens is 312 g/mol. The minimum atomic E-state index is -0.0251. The van der Waals surface area contributed by atoms with Gasteiger partial charge in [-0.3, -0.25) is 4.90 Å². The third-order valence-electron chi connectivity index (χ3n) is 5.03. The van der Waals surface area contributed by atoms with E-state index < -0.39 is 0 Å². The maximum Gasteiger partial charge on any atom is 0.324 e. The minimum Gasteiger partial charge on any atom is -0.493 e. The Labute approximate surface area is 137 Å². The number of ether oxygens (including phenoxy) is 1. The second kappa shape index (κ2) is 4.82. The van der Waals surface area contributed by atoms with Gasteiger partial charge < -0.3 is 15.4 Å². The number of rotatable bonds is 1. The van der Waals surface area contributed by atoms with Crippen LogP contribution in [0, 0.1) is 0 Å². The fourth-order valence-electron chi connectivity index (χ4n) is 3.88. The van der Waals surface area contributed by atoms with Crippen LogP contribution in [0.3, 0.4) is 0 Å². The first-order chi connectivity index (χ1) is 11.2. The van der Waals surface area contributed by atoms with Crippen LogP contribution in [0.4, 0.5) is 9.93 Å². The highest BCUT2D eigenvalue weighted by Crippen LogP contribution is 2.39. The summed E-state index contributed by atoms with van der Waals surface area (Å²) in [5, 5.41) is 7.39. The summed E-state index contributed by atoms with van der Waals surface area (Å²) in [4.78, 5) is 19.1. The van der Waals surface area contributed by atoms with Gasteiger partial charge in [-0.25, -0.2) is 9.78 Å². The number of benzene rings is 1. The standard InChI is InChI=1S/C16H18N4O2S/c1-8-6-10-11(7-17-8)20(15(21)18-10)16-19-14-9-4-5-22-12(9)2-3-13(14)23-16/h2-3,8,10-11,17H,4-7H2,1H3,(H,18,21)/t8-,10+,11-/m1/s1. The summed E-state index contributed by atoms with van der Waals surface area (Å²) in [6, 6.07) is 4.83. The van der Waals surface area contributed by atoms with E-state index in [9.17, 15) is 4.79 Å². The molecule has 6 nitrogen and oxygen atoms in total. The number of carbonyl (C=O) groups excluding carboxylic acids is 1. The maximum atomic E-state index is 12.5. The van der Waals surface area contributed by atoms with Crippen molar-refractivity contribution in [3.8, 4) is 5.75 Å². The van der Waals surface area contributed by atoms with Crippen LogP contribution in [-0.4, -0.2) is 42.3 Å². The Hall–Kier alpha value is -1.86. The Bertz CT molecular complexity index is 805. The van der Waals surface area contributed by atoms with Crippen LogP contribution in [0.25, 0.3) is 10.2 Å². The first-order valence-corrected chi connectivity index (χ1v) is 8.90. The molecule has 0 saturated carbocycles. The van der Waals surface area contributed by atoms with E-state index in [0.717, 1.165) is 47.1 Å². The zero-order valence-electron chi connectivity index (χ0n) is 12.8. The lowest BCUT2D eigenvalue weighted by atomic mass is 9.97. The highest BCUT2D eigenvalue weighted by molar-refractivity contribution is 7.22. The summed E-state index contributed by atoms with van der Waals surface area (Å²) in [6.07, 6.45) is 1.86. The van der Waals surface area contributed by atoms with E-state index in [2.05, 4.69) is 17.6 Å². The van der Waals surface area contributed by atoms with Crippen molar-refractivity contribution in [2.75, 3.05) is 18.1 Å². The number of urea groups is 1. The molecule has 3 atom stereocenters. The molecule has 0 unspecified atom stereocenters. The summed E-state index contributed by atoms with van der Waals surface area (Å²) in [5.41, 5.74) is 2.17. The van der Waals surface area contributed by atoms with Crippen molar-refractivity contribution in [2.45, 2.75) is 37.9 Å². The molecule has 2 amide bonds. The predicted octanol–water partition coefficient (Wildman–Crippen LogP) is 1.88. The van der Waals surface area contributed by atoms with Gasteiger partial charge in [-0.15, -0.1) is 0 Å². The summed E-state index contributed by atoms with van der Waals surface area (Å²) in [6.45, 7) is 3.69. The lowest BCUT2D eigenvalue weighted by molar-refractivity contribution is 0.250. The van der Waals surface area contributed by atoms with Gasteiger partial charge in [0.15, 0.2) is 5.13 Å². The van der Waals surface area contributed by atoms with Crippen molar-refractivity contribution in [1.29, 1.82) is 0 Å². The van der Waals surface area contributed by atoms with Crippen LogP contribution in [0.2, 0.25) is 0 Å². The molecule has 2 saturated heterocycles. The van der Waals surface area contributed by atoms with Crippen LogP contribution in [-0.2, 0) is 6.42 Å². The van der Waals surface area contributed by atoms with Crippen molar-refractivity contribution in [3.05, 3.63) is 17.7 Å². The first kappa shape index (κ1) is 13.6. The Morgan fingerprint density at radius 3 is 3.26 bits per heavy atom. The highest BCUT2D eigenvalue weighted by atomic mass is 32.1. The van der Waals surface area contributed by atoms with Crippen molar-refractivity contribution in [3.63, 3.8) is 0 Å². The largest absolute Gasteiger partial charge is 0.493 e. The Morgan fingerprint density at radius 1 is 1.43 bits per heavy atom. The third kappa shape index (κ3) is 1.96. The maximum absolute atomic E-state index is 12.5. The molecule has 2 aromatic rings. The number of nitrogens with zero attached hydrogens (tertiary/aromatic N) is 2. The number of anilines is 1. The fourth-order valence-corrected chi connectivity index (χ4v) is 4.93. The van der Waals surface area contributed by atoms with Crippen molar-refractivity contribution in [1.82, 2.24) is 15.6 Å². The highest BCUT2D eigenvalue weighted by Gasteiger charge is 2.44. The van der Waals surface area contributed by atoms with Gasteiger partial charge >= 0.3 is 6.03 Å². The van der Waals surface area contributed by atoms with E-state index in [1.165, 1.54) is 5.56 Å². The van der Waals surface area contributed by atoms with Crippen LogP contribution >= 0.6 is 11.3 Å². The van der Waals surface area contributed by atoms with Gasteiger partial charge in [0.25, 0.3) is 0 Å². The van der Waals surface area contributed by atoms with E-state index >= 15 is 0 Å². The van der Waals surface area contributed by atoms with E-state index in [0.29, 0.717) is 6.04 Å². The predicted molar refractivity (Wildman–Crippen MR) is 89.5 cm³/mol. The van der Waals surface area contributed by atoms with Crippen molar-refractivity contribution >= 4 is 32.7 Å². The van der Waals surface area contributed by atoms with E-state index in [1.54, 1.807) is 11.3 Å². The van der Waals surface area contributed by atoms with Crippen LogP contribution in [0.5, 0.6) is 5.75 Å². The van der Waals surface area contributed by atoms with Gasteiger partial charge in [0.1, 0.15) is 5.75 Å². The molecule has 0 aliphatic carbocycles. The second-order valence-corrected chi connectivity index (χ2v) is 7.53. The van der Waals surface area contributed by atoms with E-state index in [4.69, 9.17) is 9.72 Å². The Kier molecular flexibility index (Phi) is 2.84. The zero-order valence-corrected chi connectivity index (χ0v) is 13.7. The number of carbonyl (C=O) groups is 1. The average molecular weight is 330 g/mol. The zero-order chi connectivity index (χ0) is 15.6. The molecule has 7 heteroatoms. The van der Waals surface area contributed by atoms with Crippen LogP contribution in [0.1, 0.15) is 18.9 Å². The number of nitrogens with one attached hydrogen (secondary N) is 2. The molecule has 4 heterocycles. The molecule has 23 heavy (non-hydrogen) atoms. The number of thiazole rings is 1. The molecule has 2 N–H and O–H groups in total. The van der Waals surface area contributed by atoms with E-state index in [1.807, 2.05) is 17.0 Å². The summed E-state index contributed by atoms with van der Waals surface area (Å²) < 4.78 is 6.74. The van der Waals surface area contributed by atoms with Gasteiger partial charge in [0.2, 0.25) is 0 Å². The number of hydrogen-bond acceptors (Lipinski definition) is 5. The van der Waals surface area contributed by atoms with Gasteiger partial charge in [0, 0.05) is 24.6 Å². The molecule has 0 radical (unpaired) electrons. The molecule has 0 spiro atoms. The number of hydrogen-bond donors (Lipinski definition) is 2. The number of aromatic nitrogens is 1. The monoisotopic (exact) mass is 330 g/mol. The quantitative estimate of drug-likeness (QED) is 0.838. The van der Waals surface area contributed by atoms with Crippen LogP contribution < -0.4 is 20.3 Å². The molecule has 0 bridgehead atoms. The topological polar surface area (TPSA) is 66.5 Å². The van der Waals surface area contributed by atoms with Gasteiger partial charge in [0.05, 0.1) is 28.9 Å². The van der Waals surface area contributed by atoms with Gasteiger partial charge in [-0.2, -0.15) is 0 Å². The van der Waals surface area contributed by atoms with Gasteiger partial charge in [-0.05, 0) is 25.5 Å². The molecule has 120 valence electrons. The molecule has 3 aliphatic rings. The molecule has 1 aromatic carbocycles. The smallest absolute Gasteiger partial charge is 0.324 e. The summed E-state index contributed by atoms with van der Waals surface area (Å²) >= 11 is 1.59. The van der Waals surface area contributed by atoms with Crippen molar-refractivity contribution in [2.24, 2.45) is 0 Å².